The van der Waals surface area contributed by atoms with Crippen LogP contribution in [0, 0.1) is 0 Å². The minimum Gasteiger partial charge on any atom is -0.475 e. The second-order valence-corrected chi connectivity index (χ2v) is 3.95. The number of pyridine rings is 1. The van der Waals surface area contributed by atoms with Crippen molar-refractivity contribution in [2.75, 3.05) is 26.9 Å². The fraction of sp³-hybridized carbons (Fsp3) is 0.615. The Labute approximate surface area is 103 Å². The summed E-state index contributed by atoms with van der Waals surface area (Å²) in [4.78, 5) is 4.26. The Morgan fingerprint density at radius 1 is 1.35 bits per heavy atom. The highest BCUT2D eigenvalue weighted by Gasteiger charge is 2.04. The SMILES string of the molecule is CCCNC(C)c1ccc(OCCOC)nc1. The zero-order valence-electron chi connectivity index (χ0n) is 10.9. The zero-order chi connectivity index (χ0) is 12.5. The van der Waals surface area contributed by atoms with Crippen molar-refractivity contribution in [3.63, 3.8) is 0 Å². The van der Waals surface area contributed by atoms with Gasteiger partial charge < -0.3 is 14.8 Å². The van der Waals surface area contributed by atoms with Crippen molar-refractivity contribution in [1.29, 1.82) is 0 Å². The van der Waals surface area contributed by atoms with Crippen molar-refractivity contribution >= 4 is 0 Å². The molecule has 0 saturated carbocycles. The van der Waals surface area contributed by atoms with Crippen molar-refractivity contribution < 1.29 is 9.47 Å². The van der Waals surface area contributed by atoms with Crippen LogP contribution >= 0.6 is 0 Å². The molecule has 0 aliphatic rings. The van der Waals surface area contributed by atoms with Gasteiger partial charge in [-0.25, -0.2) is 4.98 Å². The quantitative estimate of drug-likeness (QED) is 0.705. The van der Waals surface area contributed by atoms with Gasteiger partial charge in [-0.3, -0.25) is 0 Å². The van der Waals surface area contributed by atoms with Gasteiger partial charge in [-0.1, -0.05) is 13.0 Å². The van der Waals surface area contributed by atoms with Crippen LogP contribution in [0.5, 0.6) is 5.88 Å². The van der Waals surface area contributed by atoms with E-state index in [2.05, 4.69) is 24.1 Å². The van der Waals surface area contributed by atoms with E-state index in [4.69, 9.17) is 9.47 Å². The smallest absolute Gasteiger partial charge is 0.213 e. The second kappa shape index (κ2) is 8.03. The number of nitrogens with zero attached hydrogens (tertiary/aromatic N) is 1. The van der Waals surface area contributed by atoms with Gasteiger partial charge >= 0.3 is 0 Å². The van der Waals surface area contributed by atoms with E-state index in [9.17, 15) is 0 Å². The van der Waals surface area contributed by atoms with Crippen molar-refractivity contribution in [1.82, 2.24) is 10.3 Å². The van der Waals surface area contributed by atoms with Gasteiger partial charge in [0.15, 0.2) is 0 Å². The molecule has 4 heteroatoms. The topological polar surface area (TPSA) is 43.4 Å². The van der Waals surface area contributed by atoms with Crippen LogP contribution in [0.2, 0.25) is 0 Å². The lowest BCUT2D eigenvalue weighted by Crippen LogP contribution is -2.19. The second-order valence-electron chi connectivity index (χ2n) is 3.95. The number of methoxy groups -OCH3 is 1. The van der Waals surface area contributed by atoms with Crippen LogP contribution in [0.25, 0.3) is 0 Å². The summed E-state index contributed by atoms with van der Waals surface area (Å²) < 4.78 is 10.3. The van der Waals surface area contributed by atoms with E-state index in [1.807, 2.05) is 18.3 Å². The molecule has 0 spiro atoms. The van der Waals surface area contributed by atoms with Crippen molar-refractivity contribution in [2.45, 2.75) is 26.3 Å². The Hall–Kier alpha value is -1.13. The molecule has 1 N–H and O–H groups in total. The first-order valence-corrected chi connectivity index (χ1v) is 6.09. The lowest BCUT2D eigenvalue weighted by atomic mass is 10.1. The first-order chi connectivity index (χ1) is 8.27. The lowest BCUT2D eigenvalue weighted by Gasteiger charge is -2.13. The van der Waals surface area contributed by atoms with Gasteiger partial charge in [-0.05, 0) is 25.5 Å². The fourth-order valence-corrected chi connectivity index (χ4v) is 1.44. The minimum atomic E-state index is 0.329. The fourth-order valence-electron chi connectivity index (χ4n) is 1.44. The maximum Gasteiger partial charge on any atom is 0.213 e. The molecule has 0 amide bonds. The monoisotopic (exact) mass is 238 g/mol. The standard InChI is InChI=1S/C13H22N2O2/c1-4-7-14-11(2)12-5-6-13(15-10-12)17-9-8-16-3/h5-6,10-11,14H,4,7-9H2,1-3H3. The molecule has 1 rings (SSSR count). The third kappa shape index (κ3) is 5.15. The molecular formula is C13H22N2O2. The molecule has 0 saturated heterocycles. The van der Waals surface area contributed by atoms with Crippen LogP contribution < -0.4 is 10.1 Å². The number of nitrogens with one attached hydrogen (secondary N) is 1. The van der Waals surface area contributed by atoms with Crippen molar-refractivity contribution in [3.05, 3.63) is 23.9 Å². The summed E-state index contributed by atoms with van der Waals surface area (Å²) >= 11 is 0. The molecule has 1 heterocycles. The Balaban J connectivity index is 2.43. The normalized spacial score (nSPS) is 12.4. The minimum absolute atomic E-state index is 0.329. The molecule has 0 radical (unpaired) electrons. The van der Waals surface area contributed by atoms with E-state index in [1.54, 1.807) is 7.11 Å². The summed E-state index contributed by atoms with van der Waals surface area (Å²) in [6.07, 6.45) is 2.99. The molecular weight excluding hydrogens is 216 g/mol. The van der Waals surface area contributed by atoms with E-state index in [0.717, 1.165) is 13.0 Å². The van der Waals surface area contributed by atoms with E-state index >= 15 is 0 Å². The highest BCUT2D eigenvalue weighted by atomic mass is 16.5. The average Bonchev–Trinajstić information content (AvgIpc) is 2.37. The molecule has 96 valence electrons. The predicted molar refractivity (Wildman–Crippen MR) is 68.3 cm³/mol. The summed E-state index contributed by atoms with van der Waals surface area (Å²) in [5, 5.41) is 3.42. The van der Waals surface area contributed by atoms with Crippen LogP contribution in [0.3, 0.4) is 0 Å². The highest BCUT2D eigenvalue weighted by molar-refractivity contribution is 5.20. The Kier molecular flexibility index (Phi) is 6.58. The number of rotatable bonds is 8. The van der Waals surface area contributed by atoms with Crippen molar-refractivity contribution in [2.24, 2.45) is 0 Å². The van der Waals surface area contributed by atoms with E-state index in [0.29, 0.717) is 25.1 Å². The third-order valence-electron chi connectivity index (χ3n) is 2.50. The molecule has 1 unspecified atom stereocenters. The number of hydrogen-bond acceptors (Lipinski definition) is 4. The van der Waals surface area contributed by atoms with Gasteiger partial charge in [0.05, 0.1) is 6.61 Å². The molecule has 1 atom stereocenters. The Bertz CT molecular complexity index is 301. The van der Waals surface area contributed by atoms with Crippen LogP contribution in [-0.2, 0) is 4.74 Å². The van der Waals surface area contributed by atoms with Gasteiger partial charge in [0, 0.05) is 25.4 Å². The maximum atomic E-state index is 5.41. The van der Waals surface area contributed by atoms with Gasteiger partial charge in [0.25, 0.3) is 0 Å². The lowest BCUT2D eigenvalue weighted by molar-refractivity contribution is 0.143. The summed E-state index contributed by atoms with van der Waals surface area (Å²) in [7, 11) is 1.65. The molecule has 1 aromatic heterocycles. The molecule has 0 aliphatic carbocycles. The summed E-state index contributed by atoms with van der Waals surface area (Å²) in [5.41, 5.74) is 1.18. The third-order valence-corrected chi connectivity index (χ3v) is 2.50. The number of hydrogen-bond donors (Lipinski definition) is 1. The summed E-state index contributed by atoms with van der Waals surface area (Å²) in [6, 6.07) is 4.27. The van der Waals surface area contributed by atoms with Crippen LogP contribution in [-0.4, -0.2) is 31.9 Å². The van der Waals surface area contributed by atoms with E-state index in [-0.39, 0.29) is 0 Å². The Morgan fingerprint density at radius 2 is 2.18 bits per heavy atom. The van der Waals surface area contributed by atoms with Crippen LogP contribution in [0.1, 0.15) is 31.9 Å². The molecule has 0 aromatic carbocycles. The van der Waals surface area contributed by atoms with Gasteiger partial charge in [-0.2, -0.15) is 0 Å². The van der Waals surface area contributed by atoms with Crippen LogP contribution in [0.15, 0.2) is 18.3 Å². The van der Waals surface area contributed by atoms with Gasteiger partial charge in [0.1, 0.15) is 6.61 Å². The van der Waals surface area contributed by atoms with Gasteiger partial charge in [-0.15, -0.1) is 0 Å². The molecule has 4 nitrogen and oxygen atoms in total. The maximum absolute atomic E-state index is 5.41. The van der Waals surface area contributed by atoms with E-state index in [1.165, 1.54) is 5.56 Å². The van der Waals surface area contributed by atoms with E-state index < -0.39 is 0 Å². The van der Waals surface area contributed by atoms with Crippen molar-refractivity contribution in [3.8, 4) is 5.88 Å². The predicted octanol–water partition coefficient (Wildman–Crippen LogP) is 2.17. The number of aromatic nitrogens is 1. The Morgan fingerprint density at radius 3 is 2.76 bits per heavy atom. The highest BCUT2D eigenvalue weighted by Crippen LogP contribution is 2.14. The average molecular weight is 238 g/mol. The molecule has 1 aromatic rings. The molecule has 0 bridgehead atoms. The molecule has 0 fully saturated rings. The van der Waals surface area contributed by atoms with Crippen LogP contribution in [0.4, 0.5) is 0 Å². The first-order valence-electron chi connectivity index (χ1n) is 6.09. The summed E-state index contributed by atoms with van der Waals surface area (Å²) in [6.45, 7) is 6.43. The largest absolute Gasteiger partial charge is 0.475 e. The number of ether oxygens (including phenoxy) is 2. The summed E-state index contributed by atoms with van der Waals surface area (Å²) in [5.74, 6) is 0.647. The first kappa shape index (κ1) is 13.9. The van der Waals surface area contributed by atoms with Gasteiger partial charge in [0.2, 0.25) is 5.88 Å². The molecule has 17 heavy (non-hydrogen) atoms. The zero-order valence-corrected chi connectivity index (χ0v) is 10.9. The molecule has 0 aliphatic heterocycles.